The van der Waals surface area contributed by atoms with Crippen LogP contribution < -0.4 is 10.6 Å². The maximum absolute atomic E-state index is 12.9. The normalized spacial score (nSPS) is 10.4. The summed E-state index contributed by atoms with van der Waals surface area (Å²) in [6.45, 7) is 0.256. The lowest BCUT2D eigenvalue weighted by Crippen LogP contribution is -2.24. The van der Waals surface area contributed by atoms with Gasteiger partial charge in [0.2, 0.25) is 0 Å². The van der Waals surface area contributed by atoms with E-state index in [0.29, 0.717) is 10.8 Å². The predicted molar refractivity (Wildman–Crippen MR) is 88.7 cm³/mol. The van der Waals surface area contributed by atoms with Crippen molar-refractivity contribution in [2.45, 2.75) is 6.54 Å². The van der Waals surface area contributed by atoms with E-state index >= 15 is 0 Å². The number of aromatic nitrogens is 3. The molecule has 0 atom stereocenters. The first-order valence-electron chi connectivity index (χ1n) is 7.08. The number of hydrogen-bond donors (Lipinski definition) is 3. The molecule has 8 heteroatoms. The number of anilines is 2. The summed E-state index contributed by atoms with van der Waals surface area (Å²) in [5.41, 5.74) is 1.63. The number of nitrogens with zero attached hydrogens (tertiary/aromatic N) is 2. The summed E-state index contributed by atoms with van der Waals surface area (Å²) < 4.78 is 12.9. The Morgan fingerprint density at radius 3 is 2.50 bits per heavy atom. The molecule has 3 N–H and O–H groups in total. The topological polar surface area (TPSA) is 82.7 Å². The molecular formula is C16H13ClFN5O. The Balaban J connectivity index is 1.66. The summed E-state index contributed by atoms with van der Waals surface area (Å²) in [5, 5.41) is 16.5. The Kier molecular flexibility index (Phi) is 4.72. The zero-order valence-corrected chi connectivity index (χ0v) is 13.1. The molecule has 0 aliphatic carbocycles. The highest BCUT2D eigenvalue weighted by Gasteiger charge is 2.16. The molecule has 1 heterocycles. The second kappa shape index (κ2) is 7.10. The number of amides is 1. The van der Waals surface area contributed by atoms with E-state index in [1.165, 1.54) is 12.1 Å². The van der Waals surface area contributed by atoms with Crippen LogP contribution >= 0.6 is 11.6 Å². The van der Waals surface area contributed by atoms with Crippen LogP contribution in [0.1, 0.15) is 16.1 Å². The van der Waals surface area contributed by atoms with Gasteiger partial charge in [0, 0.05) is 17.3 Å². The highest BCUT2D eigenvalue weighted by Crippen LogP contribution is 2.19. The third kappa shape index (κ3) is 3.88. The number of rotatable bonds is 5. The van der Waals surface area contributed by atoms with Gasteiger partial charge >= 0.3 is 0 Å². The van der Waals surface area contributed by atoms with Gasteiger partial charge in [-0.3, -0.25) is 4.79 Å². The van der Waals surface area contributed by atoms with E-state index < -0.39 is 5.91 Å². The molecule has 0 fully saturated rings. The van der Waals surface area contributed by atoms with Gasteiger partial charge in [0.15, 0.2) is 11.5 Å². The van der Waals surface area contributed by atoms with Gasteiger partial charge in [0.1, 0.15) is 5.82 Å². The molecular weight excluding hydrogens is 333 g/mol. The molecule has 24 heavy (non-hydrogen) atoms. The molecule has 0 aliphatic heterocycles. The van der Waals surface area contributed by atoms with Crippen LogP contribution in [0, 0.1) is 5.82 Å². The summed E-state index contributed by atoms with van der Waals surface area (Å²) in [5.74, 6) is -0.422. The first kappa shape index (κ1) is 15.9. The summed E-state index contributed by atoms with van der Waals surface area (Å²) in [6.07, 6.45) is 0. The molecule has 0 aliphatic rings. The minimum absolute atomic E-state index is 0.132. The summed E-state index contributed by atoms with van der Waals surface area (Å²) in [7, 11) is 0. The van der Waals surface area contributed by atoms with Gasteiger partial charge in [0.05, 0.1) is 0 Å². The van der Waals surface area contributed by atoms with Crippen LogP contribution in [-0.4, -0.2) is 21.3 Å². The first-order chi connectivity index (χ1) is 11.6. The Bertz CT molecular complexity index is 832. The number of halogens is 2. The highest BCUT2D eigenvalue weighted by molar-refractivity contribution is 6.30. The number of aromatic amines is 1. The Labute approximate surface area is 142 Å². The monoisotopic (exact) mass is 345 g/mol. The van der Waals surface area contributed by atoms with Crippen molar-refractivity contribution < 1.29 is 9.18 Å². The van der Waals surface area contributed by atoms with Crippen molar-refractivity contribution in [1.82, 2.24) is 20.7 Å². The number of hydrogen-bond acceptors (Lipinski definition) is 4. The lowest BCUT2D eigenvalue weighted by atomic mass is 10.2. The maximum atomic E-state index is 12.9. The average molecular weight is 346 g/mol. The van der Waals surface area contributed by atoms with Gasteiger partial charge in [-0.05, 0) is 42.0 Å². The molecule has 0 bridgehead atoms. The third-order valence-corrected chi connectivity index (χ3v) is 3.49. The van der Waals surface area contributed by atoms with Crippen molar-refractivity contribution in [2.24, 2.45) is 0 Å². The molecule has 3 aromatic rings. The number of benzene rings is 2. The van der Waals surface area contributed by atoms with Crippen molar-refractivity contribution in [3.05, 3.63) is 70.6 Å². The zero-order valence-electron chi connectivity index (χ0n) is 12.4. The number of carbonyl (C=O) groups excluding carboxylic acids is 1. The lowest BCUT2D eigenvalue weighted by molar-refractivity contribution is 0.0946. The van der Waals surface area contributed by atoms with Crippen LogP contribution in [0.25, 0.3) is 0 Å². The Morgan fingerprint density at radius 1 is 1.08 bits per heavy atom. The molecule has 2 aromatic carbocycles. The SMILES string of the molecule is O=C(NCc1ccc(F)cc1)c1n[nH]nc1Nc1ccc(Cl)cc1. The van der Waals surface area contributed by atoms with Crippen LogP contribution in [0.15, 0.2) is 48.5 Å². The smallest absolute Gasteiger partial charge is 0.275 e. The minimum Gasteiger partial charge on any atom is -0.346 e. The van der Waals surface area contributed by atoms with E-state index in [-0.39, 0.29) is 18.1 Å². The number of carbonyl (C=O) groups is 1. The van der Waals surface area contributed by atoms with E-state index in [1.807, 2.05) is 0 Å². The van der Waals surface area contributed by atoms with Gasteiger partial charge in [-0.25, -0.2) is 4.39 Å². The predicted octanol–water partition coefficient (Wildman–Crippen LogP) is 3.27. The average Bonchev–Trinajstić information content (AvgIpc) is 3.04. The van der Waals surface area contributed by atoms with E-state index in [0.717, 1.165) is 11.3 Å². The molecule has 0 unspecified atom stereocenters. The van der Waals surface area contributed by atoms with E-state index in [2.05, 4.69) is 26.0 Å². The van der Waals surface area contributed by atoms with E-state index in [9.17, 15) is 9.18 Å². The fraction of sp³-hybridized carbons (Fsp3) is 0.0625. The molecule has 1 aromatic heterocycles. The van der Waals surface area contributed by atoms with Gasteiger partial charge < -0.3 is 10.6 Å². The summed E-state index contributed by atoms with van der Waals surface area (Å²) >= 11 is 5.83. The van der Waals surface area contributed by atoms with Crippen molar-refractivity contribution in [1.29, 1.82) is 0 Å². The van der Waals surface area contributed by atoms with Crippen molar-refractivity contribution in [2.75, 3.05) is 5.32 Å². The molecule has 0 radical (unpaired) electrons. The van der Waals surface area contributed by atoms with E-state index in [4.69, 9.17) is 11.6 Å². The van der Waals surface area contributed by atoms with Crippen molar-refractivity contribution >= 4 is 29.0 Å². The second-order valence-corrected chi connectivity index (χ2v) is 5.40. The lowest BCUT2D eigenvalue weighted by Gasteiger charge is -2.06. The second-order valence-electron chi connectivity index (χ2n) is 4.96. The first-order valence-corrected chi connectivity index (χ1v) is 7.45. The highest BCUT2D eigenvalue weighted by atomic mass is 35.5. The fourth-order valence-electron chi connectivity index (χ4n) is 2.01. The number of H-pyrrole nitrogens is 1. The molecule has 6 nitrogen and oxygen atoms in total. The van der Waals surface area contributed by atoms with Crippen molar-refractivity contribution in [3.8, 4) is 0 Å². The molecule has 122 valence electrons. The number of nitrogens with one attached hydrogen (secondary N) is 3. The largest absolute Gasteiger partial charge is 0.346 e. The van der Waals surface area contributed by atoms with Crippen molar-refractivity contribution in [3.63, 3.8) is 0 Å². The molecule has 3 rings (SSSR count). The Morgan fingerprint density at radius 2 is 1.79 bits per heavy atom. The summed E-state index contributed by atoms with van der Waals surface area (Å²) in [4.78, 5) is 12.2. The Hall–Kier alpha value is -2.93. The van der Waals surface area contributed by atoms with Crippen LogP contribution in [0.2, 0.25) is 5.02 Å². The standard InChI is InChI=1S/C16H13ClFN5O/c17-11-3-7-13(8-4-11)20-15-14(21-23-22-15)16(24)19-9-10-1-5-12(18)6-2-10/h1-8H,9H2,(H,19,24)(H2,20,21,22,23). The molecule has 1 amide bonds. The van der Waals surface area contributed by atoms with Gasteiger partial charge in [-0.2, -0.15) is 5.21 Å². The minimum atomic E-state index is -0.399. The molecule has 0 spiro atoms. The molecule has 0 saturated heterocycles. The maximum Gasteiger partial charge on any atom is 0.275 e. The fourth-order valence-corrected chi connectivity index (χ4v) is 2.14. The zero-order chi connectivity index (χ0) is 16.9. The van der Waals surface area contributed by atoms with Gasteiger partial charge in [0.25, 0.3) is 5.91 Å². The van der Waals surface area contributed by atoms with E-state index in [1.54, 1.807) is 36.4 Å². The van der Waals surface area contributed by atoms with Gasteiger partial charge in [-0.15, -0.1) is 10.2 Å². The third-order valence-electron chi connectivity index (χ3n) is 3.24. The molecule has 0 saturated carbocycles. The van der Waals surface area contributed by atoms with Crippen LogP contribution in [0.4, 0.5) is 15.9 Å². The van der Waals surface area contributed by atoms with Gasteiger partial charge in [-0.1, -0.05) is 23.7 Å². The van der Waals surface area contributed by atoms with Crippen LogP contribution in [0.5, 0.6) is 0 Å². The van der Waals surface area contributed by atoms with Crippen LogP contribution in [0.3, 0.4) is 0 Å². The van der Waals surface area contributed by atoms with Crippen LogP contribution in [-0.2, 0) is 6.54 Å². The summed E-state index contributed by atoms with van der Waals surface area (Å²) in [6, 6.07) is 12.8. The quantitative estimate of drug-likeness (QED) is 0.662.